The van der Waals surface area contributed by atoms with Crippen molar-refractivity contribution >= 4 is 27.3 Å². The molecule has 2 aromatic carbocycles. The molecule has 5 rings (SSSR count). The lowest BCUT2D eigenvalue weighted by atomic mass is 9.76. The highest BCUT2D eigenvalue weighted by Crippen LogP contribution is 2.37. The average molecular weight is 551 g/mol. The molecule has 1 N–H and O–H groups in total. The van der Waals surface area contributed by atoms with Crippen LogP contribution >= 0.6 is 11.6 Å². The number of carbonyl (C=O) groups is 1. The number of aromatic nitrogens is 3. The number of rotatable bonds is 8. The lowest BCUT2D eigenvalue weighted by Gasteiger charge is -2.36. The molecule has 0 atom stereocenters. The molecule has 0 aliphatic heterocycles. The van der Waals surface area contributed by atoms with E-state index in [2.05, 4.69) is 16.5 Å². The van der Waals surface area contributed by atoms with E-state index in [-0.39, 0.29) is 28.9 Å². The van der Waals surface area contributed by atoms with Crippen molar-refractivity contribution in [2.45, 2.75) is 42.8 Å². The third-order valence-electron chi connectivity index (χ3n) is 6.80. The number of amides is 1. The molecule has 0 bridgehead atoms. The summed E-state index contributed by atoms with van der Waals surface area (Å²) in [7, 11) is -3.54. The molecule has 1 amide bonds. The molecule has 38 heavy (non-hydrogen) atoms. The summed E-state index contributed by atoms with van der Waals surface area (Å²) in [5, 5.41) is 8.07. The molecular formula is C28H27ClN4O4S. The van der Waals surface area contributed by atoms with Gasteiger partial charge in [-0.2, -0.15) is 5.10 Å². The summed E-state index contributed by atoms with van der Waals surface area (Å²) in [6.07, 6.45) is 7.65. The quantitative estimate of drug-likeness (QED) is 0.359. The van der Waals surface area contributed by atoms with Crippen LogP contribution in [0.25, 0.3) is 0 Å². The second-order valence-electron chi connectivity index (χ2n) is 9.70. The maximum atomic E-state index is 12.7. The topological polar surface area (TPSA) is 103 Å². The van der Waals surface area contributed by atoms with E-state index in [0.717, 1.165) is 19.1 Å². The first-order chi connectivity index (χ1) is 18.2. The van der Waals surface area contributed by atoms with Gasteiger partial charge < -0.3 is 9.88 Å². The Morgan fingerprint density at radius 3 is 2.63 bits per heavy atom. The molecule has 1 saturated carbocycles. The monoisotopic (exact) mass is 550 g/mol. The van der Waals surface area contributed by atoms with E-state index >= 15 is 0 Å². The third kappa shape index (κ3) is 5.89. The molecule has 10 heteroatoms. The summed E-state index contributed by atoms with van der Waals surface area (Å²) >= 11 is 6.09. The molecule has 1 aliphatic carbocycles. The van der Waals surface area contributed by atoms with E-state index in [9.17, 15) is 18.0 Å². The first-order valence-corrected chi connectivity index (χ1v) is 14.5. The van der Waals surface area contributed by atoms with Crippen molar-refractivity contribution < 1.29 is 13.2 Å². The number of pyridine rings is 1. The van der Waals surface area contributed by atoms with Crippen LogP contribution in [0.15, 0.2) is 88.9 Å². The summed E-state index contributed by atoms with van der Waals surface area (Å²) in [5.41, 5.74) is 2.67. The van der Waals surface area contributed by atoms with Gasteiger partial charge in [-0.3, -0.25) is 14.3 Å². The maximum absolute atomic E-state index is 12.7. The molecular weight excluding hydrogens is 524 g/mol. The lowest BCUT2D eigenvalue weighted by molar-refractivity contribution is 0.0909. The van der Waals surface area contributed by atoms with Crippen molar-refractivity contribution in [1.82, 2.24) is 19.7 Å². The van der Waals surface area contributed by atoms with Gasteiger partial charge in [0.15, 0.2) is 9.84 Å². The number of nitrogens with one attached hydrogen (secondary N) is 1. The van der Waals surface area contributed by atoms with E-state index < -0.39 is 9.84 Å². The normalized spacial score (nSPS) is 17.1. The SMILES string of the molecule is CS(=O)(=O)c1cc(Cn2cc(C(=O)NC3CC(c4cccc(Cl)c4)C3)cn2)ccc1Cn1ccccc1=O. The van der Waals surface area contributed by atoms with E-state index in [1.807, 2.05) is 24.3 Å². The average Bonchev–Trinajstić information content (AvgIpc) is 3.31. The Morgan fingerprint density at radius 1 is 1.08 bits per heavy atom. The number of nitrogens with zero attached hydrogens (tertiary/aromatic N) is 3. The molecule has 0 radical (unpaired) electrons. The summed E-state index contributed by atoms with van der Waals surface area (Å²) in [4.78, 5) is 25.0. The van der Waals surface area contributed by atoms with Gasteiger partial charge in [0.05, 0.1) is 29.7 Å². The first-order valence-electron chi connectivity index (χ1n) is 12.2. The van der Waals surface area contributed by atoms with Crippen LogP contribution in [0, 0.1) is 0 Å². The smallest absolute Gasteiger partial charge is 0.254 e. The van der Waals surface area contributed by atoms with Crippen molar-refractivity contribution in [1.29, 1.82) is 0 Å². The minimum Gasteiger partial charge on any atom is -0.349 e. The van der Waals surface area contributed by atoms with Crippen LogP contribution in [0.2, 0.25) is 5.02 Å². The van der Waals surface area contributed by atoms with Gasteiger partial charge >= 0.3 is 0 Å². The lowest BCUT2D eigenvalue weighted by Crippen LogP contribution is -2.43. The number of benzene rings is 2. The van der Waals surface area contributed by atoms with Gasteiger partial charge in [-0.15, -0.1) is 0 Å². The van der Waals surface area contributed by atoms with Crippen molar-refractivity contribution in [2.24, 2.45) is 0 Å². The zero-order valence-corrected chi connectivity index (χ0v) is 22.3. The Bertz CT molecular complexity index is 1660. The van der Waals surface area contributed by atoms with Gasteiger partial charge in [0.2, 0.25) is 0 Å². The molecule has 0 spiro atoms. The first kappa shape index (κ1) is 25.9. The fraction of sp³-hybridized carbons (Fsp3) is 0.250. The number of halogens is 1. The molecule has 1 fully saturated rings. The molecule has 0 saturated heterocycles. The van der Waals surface area contributed by atoms with Crippen molar-refractivity contribution in [2.75, 3.05) is 6.26 Å². The Hall–Kier alpha value is -3.69. The Morgan fingerprint density at radius 2 is 1.89 bits per heavy atom. The van der Waals surface area contributed by atoms with Gasteiger partial charge in [0, 0.05) is 35.8 Å². The highest BCUT2D eigenvalue weighted by atomic mass is 35.5. The maximum Gasteiger partial charge on any atom is 0.254 e. The molecule has 2 aromatic heterocycles. The largest absolute Gasteiger partial charge is 0.349 e. The predicted molar refractivity (Wildman–Crippen MR) is 145 cm³/mol. The van der Waals surface area contributed by atoms with E-state index in [1.165, 1.54) is 22.4 Å². The van der Waals surface area contributed by atoms with Crippen molar-refractivity contribution in [3.05, 3.63) is 117 Å². The zero-order valence-electron chi connectivity index (χ0n) is 20.7. The highest BCUT2D eigenvalue weighted by molar-refractivity contribution is 7.90. The van der Waals surface area contributed by atoms with Gasteiger partial charge in [-0.05, 0) is 59.7 Å². The Labute approximate surface area is 225 Å². The molecule has 8 nitrogen and oxygen atoms in total. The van der Waals surface area contributed by atoms with E-state index in [1.54, 1.807) is 41.3 Å². The van der Waals surface area contributed by atoms with Crippen LogP contribution in [-0.4, -0.2) is 41.0 Å². The van der Waals surface area contributed by atoms with Gasteiger partial charge in [-0.25, -0.2) is 8.42 Å². The van der Waals surface area contributed by atoms with Gasteiger partial charge in [0.25, 0.3) is 11.5 Å². The number of carbonyl (C=O) groups excluding carboxylic acids is 1. The number of hydrogen-bond acceptors (Lipinski definition) is 5. The summed E-state index contributed by atoms with van der Waals surface area (Å²) in [6.45, 7) is 0.440. The fourth-order valence-corrected chi connectivity index (χ4v) is 5.91. The minimum atomic E-state index is -3.54. The standard InChI is InChI=1S/C28H27ClN4O4S/c1-38(36,37)26-11-19(8-9-21(26)17-32-10-3-2-7-27(32)34)16-33-18-23(15-30-33)28(35)31-25-13-22(14-25)20-5-4-6-24(29)12-20/h2-12,15,18,22,25H,13-14,16-17H2,1H3,(H,31,35). The van der Waals surface area contributed by atoms with Gasteiger partial charge in [-0.1, -0.05) is 41.9 Å². The summed E-state index contributed by atoms with van der Waals surface area (Å²) in [6, 6.07) is 17.8. The van der Waals surface area contributed by atoms with Crippen molar-refractivity contribution in [3.8, 4) is 0 Å². The molecule has 2 heterocycles. The van der Waals surface area contributed by atoms with Crippen LogP contribution in [0.1, 0.15) is 45.8 Å². The number of sulfone groups is 1. The second-order valence-corrected chi connectivity index (χ2v) is 12.1. The van der Waals surface area contributed by atoms with Crippen molar-refractivity contribution in [3.63, 3.8) is 0 Å². The molecule has 196 valence electrons. The second kappa shape index (κ2) is 10.6. The summed E-state index contributed by atoms with van der Waals surface area (Å²) < 4.78 is 28.1. The van der Waals surface area contributed by atoms with Crippen LogP contribution in [-0.2, 0) is 22.9 Å². The Kier molecular flexibility index (Phi) is 7.23. The predicted octanol–water partition coefficient (Wildman–Crippen LogP) is 3.87. The molecule has 4 aromatic rings. The van der Waals surface area contributed by atoms with Gasteiger partial charge in [0.1, 0.15) is 0 Å². The highest BCUT2D eigenvalue weighted by Gasteiger charge is 2.31. The third-order valence-corrected chi connectivity index (χ3v) is 8.22. The van der Waals surface area contributed by atoms with E-state index in [4.69, 9.17) is 11.6 Å². The molecule has 1 aliphatic rings. The summed E-state index contributed by atoms with van der Waals surface area (Å²) in [5.74, 6) is 0.195. The van der Waals surface area contributed by atoms with Crippen LogP contribution < -0.4 is 10.9 Å². The van der Waals surface area contributed by atoms with Crippen LogP contribution in [0.3, 0.4) is 0 Å². The molecule has 0 unspecified atom stereocenters. The van der Waals surface area contributed by atoms with Crippen LogP contribution in [0.5, 0.6) is 0 Å². The number of hydrogen-bond donors (Lipinski definition) is 1. The minimum absolute atomic E-state index is 0.0943. The zero-order chi connectivity index (χ0) is 26.9. The van der Waals surface area contributed by atoms with E-state index in [0.29, 0.717) is 34.2 Å². The fourth-order valence-electron chi connectivity index (χ4n) is 4.74. The van der Waals surface area contributed by atoms with Crippen LogP contribution in [0.4, 0.5) is 0 Å². The Balaban J connectivity index is 1.24.